The van der Waals surface area contributed by atoms with E-state index in [2.05, 4.69) is 5.32 Å². The average Bonchev–Trinajstić information content (AvgIpc) is 2.48. The molecule has 110 valence electrons. The second-order valence-electron chi connectivity index (χ2n) is 5.28. The molecule has 2 aromatic carbocycles. The van der Waals surface area contributed by atoms with Crippen molar-refractivity contribution in [3.63, 3.8) is 0 Å². The van der Waals surface area contributed by atoms with Crippen LogP contribution in [-0.2, 0) is 11.3 Å². The molecule has 0 aliphatic carbocycles. The Morgan fingerprint density at radius 3 is 2.10 bits per heavy atom. The van der Waals surface area contributed by atoms with Crippen LogP contribution in [0.4, 0.5) is 0 Å². The predicted molar refractivity (Wildman–Crippen MR) is 84.3 cm³/mol. The molecule has 0 spiro atoms. The third-order valence-corrected chi connectivity index (χ3v) is 3.29. The van der Waals surface area contributed by atoms with Crippen molar-refractivity contribution in [3.05, 3.63) is 65.2 Å². The average molecular weight is 283 g/mol. The molecular formula is C18H21NO2. The van der Waals surface area contributed by atoms with E-state index in [4.69, 9.17) is 4.74 Å². The van der Waals surface area contributed by atoms with Gasteiger partial charge in [0.2, 0.25) is 0 Å². The van der Waals surface area contributed by atoms with Gasteiger partial charge < -0.3 is 10.1 Å². The number of aryl methyl sites for hydroxylation is 2. The van der Waals surface area contributed by atoms with Gasteiger partial charge in [-0.2, -0.15) is 0 Å². The highest BCUT2D eigenvalue weighted by Crippen LogP contribution is 2.13. The van der Waals surface area contributed by atoms with E-state index < -0.39 is 6.10 Å². The van der Waals surface area contributed by atoms with E-state index in [0.717, 1.165) is 5.56 Å². The lowest BCUT2D eigenvalue weighted by Crippen LogP contribution is -2.35. The molecule has 0 aliphatic heterocycles. The number of rotatable bonds is 5. The molecule has 0 fully saturated rings. The first-order valence-electron chi connectivity index (χ1n) is 7.11. The first-order chi connectivity index (χ1) is 10.0. The molecule has 0 unspecified atom stereocenters. The Hall–Kier alpha value is -2.29. The minimum absolute atomic E-state index is 0.115. The van der Waals surface area contributed by atoms with Crippen LogP contribution >= 0.6 is 0 Å². The lowest BCUT2D eigenvalue weighted by molar-refractivity contribution is -0.127. The fourth-order valence-corrected chi connectivity index (χ4v) is 1.91. The Morgan fingerprint density at radius 2 is 1.52 bits per heavy atom. The molecule has 0 radical (unpaired) electrons. The summed E-state index contributed by atoms with van der Waals surface area (Å²) in [7, 11) is 0. The Kier molecular flexibility index (Phi) is 4.99. The monoisotopic (exact) mass is 283 g/mol. The van der Waals surface area contributed by atoms with E-state index in [1.165, 1.54) is 11.1 Å². The van der Waals surface area contributed by atoms with Crippen LogP contribution in [0.2, 0.25) is 0 Å². The van der Waals surface area contributed by atoms with Crippen molar-refractivity contribution in [2.24, 2.45) is 0 Å². The van der Waals surface area contributed by atoms with Crippen LogP contribution in [0.1, 0.15) is 23.6 Å². The highest BCUT2D eigenvalue weighted by Gasteiger charge is 2.14. The topological polar surface area (TPSA) is 38.3 Å². The highest BCUT2D eigenvalue weighted by atomic mass is 16.5. The summed E-state index contributed by atoms with van der Waals surface area (Å²) in [6.07, 6.45) is -0.516. The smallest absolute Gasteiger partial charge is 0.261 e. The maximum atomic E-state index is 12.0. The maximum absolute atomic E-state index is 12.0. The van der Waals surface area contributed by atoms with Gasteiger partial charge in [0.25, 0.3) is 5.91 Å². The summed E-state index contributed by atoms with van der Waals surface area (Å²) in [5.41, 5.74) is 3.46. The van der Waals surface area contributed by atoms with Crippen LogP contribution in [0.3, 0.4) is 0 Å². The van der Waals surface area contributed by atoms with Crippen LogP contribution in [0.5, 0.6) is 5.75 Å². The first kappa shape index (κ1) is 15.1. The van der Waals surface area contributed by atoms with Crippen LogP contribution in [0, 0.1) is 13.8 Å². The van der Waals surface area contributed by atoms with Gasteiger partial charge in [-0.3, -0.25) is 4.79 Å². The van der Waals surface area contributed by atoms with Crippen LogP contribution in [0.15, 0.2) is 48.5 Å². The summed E-state index contributed by atoms with van der Waals surface area (Å²) < 4.78 is 5.63. The summed E-state index contributed by atoms with van der Waals surface area (Å²) in [4.78, 5) is 12.0. The molecule has 1 atom stereocenters. The largest absolute Gasteiger partial charge is 0.481 e. The minimum atomic E-state index is -0.516. The molecule has 3 heteroatoms. The van der Waals surface area contributed by atoms with Crippen molar-refractivity contribution in [1.29, 1.82) is 0 Å². The molecule has 0 aliphatic rings. The normalized spacial score (nSPS) is 11.8. The summed E-state index contributed by atoms with van der Waals surface area (Å²) in [5.74, 6) is 0.592. The number of carbonyl (C=O) groups excluding carboxylic acids is 1. The van der Waals surface area contributed by atoms with Gasteiger partial charge in [-0.05, 0) is 38.5 Å². The summed E-state index contributed by atoms with van der Waals surface area (Å²) in [6, 6.07) is 15.8. The van der Waals surface area contributed by atoms with Gasteiger partial charge in [-0.25, -0.2) is 0 Å². The molecule has 0 aromatic heterocycles. The van der Waals surface area contributed by atoms with Gasteiger partial charge in [0.15, 0.2) is 6.10 Å². The van der Waals surface area contributed by atoms with Crippen LogP contribution in [-0.4, -0.2) is 12.0 Å². The molecule has 1 N–H and O–H groups in total. The number of nitrogens with one attached hydrogen (secondary N) is 1. The number of hydrogen-bond donors (Lipinski definition) is 1. The first-order valence-corrected chi connectivity index (χ1v) is 7.11. The Bertz CT molecular complexity index is 588. The van der Waals surface area contributed by atoms with Gasteiger partial charge >= 0.3 is 0 Å². The number of benzene rings is 2. The Labute approximate surface area is 126 Å². The van der Waals surface area contributed by atoms with E-state index >= 15 is 0 Å². The molecule has 0 heterocycles. The zero-order chi connectivity index (χ0) is 15.2. The summed E-state index contributed by atoms with van der Waals surface area (Å²) in [5, 5.41) is 2.89. The Morgan fingerprint density at radius 1 is 1.00 bits per heavy atom. The van der Waals surface area contributed by atoms with E-state index in [1.807, 2.05) is 62.4 Å². The molecular weight excluding hydrogens is 262 g/mol. The molecule has 3 nitrogen and oxygen atoms in total. The number of carbonyl (C=O) groups is 1. The third kappa shape index (κ3) is 4.63. The molecule has 0 bridgehead atoms. The zero-order valence-electron chi connectivity index (χ0n) is 12.7. The van der Waals surface area contributed by atoms with Crippen LogP contribution < -0.4 is 10.1 Å². The second-order valence-corrected chi connectivity index (χ2v) is 5.28. The quantitative estimate of drug-likeness (QED) is 0.913. The van der Waals surface area contributed by atoms with Gasteiger partial charge in [0, 0.05) is 6.54 Å². The molecule has 2 rings (SSSR count). The summed E-state index contributed by atoms with van der Waals surface area (Å²) in [6.45, 7) is 6.33. The van der Waals surface area contributed by atoms with Gasteiger partial charge in [0.05, 0.1) is 0 Å². The molecule has 0 saturated heterocycles. The SMILES string of the molecule is Cc1ccc(CNC(=O)[C@H](C)Oc2ccc(C)cc2)cc1. The van der Waals surface area contributed by atoms with Crippen molar-refractivity contribution in [3.8, 4) is 5.75 Å². The summed E-state index contributed by atoms with van der Waals surface area (Å²) >= 11 is 0. The fourth-order valence-electron chi connectivity index (χ4n) is 1.91. The zero-order valence-corrected chi connectivity index (χ0v) is 12.7. The number of ether oxygens (including phenoxy) is 1. The van der Waals surface area contributed by atoms with E-state index in [1.54, 1.807) is 6.92 Å². The van der Waals surface area contributed by atoms with Crippen LogP contribution in [0.25, 0.3) is 0 Å². The van der Waals surface area contributed by atoms with Crippen molar-refractivity contribution < 1.29 is 9.53 Å². The third-order valence-electron chi connectivity index (χ3n) is 3.29. The van der Waals surface area contributed by atoms with Gasteiger partial charge in [-0.15, -0.1) is 0 Å². The standard InChI is InChI=1S/C18H21NO2/c1-13-4-8-16(9-5-13)12-19-18(20)15(3)21-17-10-6-14(2)7-11-17/h4-11,15H,12H2,1-3H3,(H,19,20)/t15-/m0/s1. The highest BCUT2D eigenvalue weighted by molar-refractivity contribution is 5.80. The lowest BCUT2D eigenvalue weighted by Gasteiger charge is -2.15. The maximum Gasteiger partial charge on any atom is 0.261 e. The second kappa shape index (κ2) is 6.93. The molecule has 2 aromatic rings. The lowest BCUT2D eigenvalue weighted by atomic mass is 10.1. The van der Waals surface area contributed by atoms with Crippen molar-refractivity contribution >= 4 is 5.91 Å². The van der Waals surface area contributed by atoms with Crippen molar-refractivity contribution in [1.82, 2.24) is 5.32 Å². The number of amides is 1. The van der Waals surface area contributed by atoms with Crippen molar-refractivity contribution in [2.75, 3.05) is 0 Å². The molecule has 21 heavy (non-hydrogen) atoms. The van der Waals surface area contributed by atoms with Crippen molar-refractivity contribution in [2.45, 2.75) is 33.4 Å². The molecule has 1 amide bonds. The molecule has 0 saturated carbocycles. The predicted octanol–water partition coefficient (Wildman–Crippen LogP) is 3.39. The minimum Gasteiger partial charge on any atom is -0.481 e. The Balaban J connectivity index is 1.84. The van der Waals surface area contributed by atoms with Gasteiger partial charge in [0.1, 0.15) is 5.75 Å². The van der Waals surface area contributed by atoms with E-state index in [0.29, 0.717) is 12.3 Å². The van der Waals surface area contributed by atoms with E-state index in [9.17, 15) is 4.79 Å². The number of hydrogen-bond acceptors (Lipinski definition) is 2. The fraction of sp³-hybridized carbons (Fsp3) is 0.278. The van der Waals surface area contributed by atoms with Gasteiger partial charge in [-0.1, -0.05) is 47.5 Å². The van der Waals surface area contributed by atoms with E-state index in [-0.39, 0.29) is 5.91 Å².